The molecular weight excluding hydrogens is 328 g/mol. The molecule has 0 aromatic carbocycles. The summed E-state index contributed by atoms with van der Waals surface area (Å²) in [5, 5.41) is 6.37. The van der Waals surface area contributed by atoms with Gasteiger partial charge in [0, 0.05) is 6.54 Å². The molecule has 2 rings (SSSR count). The summed E-state index contributed by atoms with van der Waals surface area (Å²) in [6.07, 6.45) is 2.81. The van der Waals surface area contributed by atoms with Crippen molar-refractivity contribution in [2.75, 3.05) is 7.11 Å². The summed E-state index contributed by atoms with van der Waals surface area (Å²) in [5.41, 5.74) is 3.88. The van der Waals surface area contributed by atoms with E-state index in [1.54, 1.807) is 24.6 Å². The number of rotatable bonds is 6. The summed E-state index contributed by atoms with van der Waals surface area (Å²) in [4.78, 5) is 1.04. The van der Waals surface area contributed by atoms with Gasteiger partial charge < -0.3 is 4.74 Å². The van der Waals surface area contributed by atoms with Crippen molar-refractivity contribution in [1.29, 1.82) is 0 Å². The number of methoxy groups -OCH3 is 1. The molecule has 0 saturated carbocycles. The SMILES string of the molecule is CCCn1ncc(Br)c1C(NN)c1sccc1OC. The van der Waals surface area contributed by atoms with E-state index in [0.717, 1.165) is 33.8 Å². The number of hydrazine groups is 1. The van der Waals surface area contributed by atoms with Crippen LogP contribution in [-0.2, 0) is 6.54 Å². The van der Waals surface area contributed by atoms with Gasteiger partial charge in [0.05, 0.1) is 28.4 Å². The molecule has 0 saturated heterocycles. The summed E-state index contributed by atoms with van der Waals surface area (Å²) < 4.78 is 8.29. The van der Waals surface area contributed by atoms with Crippen molar-refractivity contribution in [3.8, 4) is 5.75 Å². The van der Waals surface area contributed by atoms with Crippen LogP contribution in [0.1, 0.15) is 30.0 Å². The molecule has 0 fully saturated rings. The smallest absolute Gasteiger partial charge is 0.134 e. The van der Waals surface area contributed by atoms with Crippen molar-refractivity contribution in [3.63, 3.8) is 0 Å². The number of halogens is 1. The van der Waals surface area contributed by atoms with Crippen molar-refractivity contribution in [3.05, 3.63) is 32.7 Å². The van der Waals surface area contributed by atoms with Crippen LogP contribution >= 0.6 is 27.3 Å². The normalized spacial score (nSPS) is 12.6. The van der Waals surface area contributed by atoms with Gasteiger partial charge >= 0.3 is 0 Å². The van der Waals surface area contributed by atoms with Gasteiger partial charge in [-0.05, 0) is 33.8 Å². The molecule has 0 aliphatic carbocycles. The van der Waals surface area contributed by atoms with Crippen LogP contribution < -0.4 is 16.0 Å². The average molecular weight is 345 g/mol. The maximum Gasteiger partial charge on any atom is 0.134 e. The number of ether oxygens (including phenoxy) is 1. The molecule has 0 aliphatic rings. The summed E-state index contributed by atoms with van der Waals surface area (Å²) >= 11 is 5.16. The average Bonchev–Trinajstić information content (AvgIpc) is 3.01. The van der Waals surface area contributed by atoms with Crippen LogP contribution in [0.25, 0.3) is 0 Å². The Labute approximate surface area is 124 Å². The fourth-order valence-corrected chi connectivity index (χ4v) is 3.46. The number of nitrogens with two attached hydrogens (primary N) is 1. The highest BCUT2D eigenvalue weighted by molar-refractivity contribution is 9.10. The minimum absolute atomic E-state index is 0.140. The Bertz CT molecular complexity index is 540. The third kappa shape index (κ3) is 2.84. The molecule has 19 heavy (non-hydrogen) atoms. The van der Waals surface area contributed by atoms with Gasteiger partial charge in [0.25, 0.3) is 0 Å². The summed E-state index contributed by atoms with van der Waals surface area (Å²) in [5.74, 6) is 6.59. The molecule has 3 N–H and O–H groups in total. The van der Waals surface area contributed by atoms with E-state index in [1.807, 2.05) is 16.1 Å². The lowest BCUT2D eigenvalue weighted by atomic mass is 10.1. The summed E-state index contributed by atoms with van der Waals surface area (Å²) in [6.45, 7) is 2.97. The Balaban J connectivity index is 2.45. The fraction of sp³-hybridized carbons (Fsp3) is 0.417. The zero-order chi connectivity index (χ0) is 13.8. The molecule has 0 spiro atoms. The first-order valence-electron chi connectivity index (χ1n) is 6.01. The summed E-state index contributed by atoms with van der Waals surface area (Å²) in [7, 11) is 1.66. The van der Waals surface area contributed by atoms with Gasteiger partial charge in [-0.2, -0.15) is 5.10 Å². The molecule has 1 unspecified atom stereocenters. The van der Waals surface area contributed by atoms with Crippen LogP contribution in [0, 0.1) is 0 Å². The third-order valence-corrected chi connectivity index (χ3v) is 4.42. The molecule has 7 heteroatoms. The molecule has 0 amide bonds. The van der Waals surface area contributed by atoms with Crippen LogP contribution in [-0.4, -0.2) is 16.9 Å². The molecular formula is C12H17BrN4OS. The van der Waals surface area contributed by atoms with Crippen LogP contribution in [0.2, 0.25) is 0 Å². The van der Waals surface area contributed by atoms with Gasteiger partial charge in [-0.25, -0.2) is 5.43 Å². The number of thiophene rings is 1. The minimum Gasteiger partial charge on any atom is -0.496 e. The Hall–Kier alpha value is -0.890. The number of aromatic nitrogens is 2. The van der Waals surface area contributed by atoms with E-state index in [9.17, 15) is 0 Å². The molecule has 0 radical (unpaired) electrons. The van der Waals surface area contributed by atoms with E-state index in [-0.39, 0.29) is 6.04 Å². The van der Waals surface area contributed by atoms with Gasteiger partial charge in [0.15, 0.2) is 0 Å². The van der Waals surface area contributed by atoms with Gasteiger partial charge in [0.2, 0.25) is 0 Å². The van der Waals surface area contributed by atoms with E-state index in [1.165, 1.54) is 0 Å². The highest BCUT2D eigenvalue weighted by atomic mass is 79.9. The highest BCUT2D eigenvalue weighted by Crippen LogP contribution is 2.36. The van der Waals surface area contributed by atoms with Crippen LogP contribution in [0.4, 0.5) is 0 Å². The minimum atomic E-state index is -0.140. The predicted octanol–water partition coefficient (Wildman–Crippen LogP) is 2.68. The van der Waals surface area contributed by atoms with Gasteiger partial charge in [-0.15, -0.1) is 11.3 Å². The molecule has 2 heterocycles. The number of hydrogen-bond donors (Lipinski definition) is 2. The third-order valence-electron chi connectivity index (χ3n) is 2.85. The van der Waals surface area contributed by atoms with Crippen molar-refractivity contribution in [1.82, 2.24) is 15.2 Å². The van der Waals surface area contributed by atoms with Gasteiger partial charge in [-0.3, -0.25) is 10.5 Å². The Morgan fingerprint density at radius 3 is 3.05 bits per heavy atom. The fourth-order valence-electron chi connectivity index (χ4n) is 2.02. The molecule has 2 aromatic rings. The Morgan fingerprint density at radius 2 is 2.42 bits per heavy atom. The first kappa shape index (κ1) is 14.5. The van der Waals surface area contributed by atoms with Crippen molar-refractivity contribution >= 4 is 27.3 Å². The molecule has 0 bridgehead atoms. The number of aryl methyl sites for hydroxylation is 1. The number of nitrogens with zero attached hydrogens (tertiary/aromatic N) is 2. The first-order valence-corrected chi connectivity index (χ1v) is 7.68. The van der Waals surface area contributed by atoms with Crippen molar-refractivity contribution in [2.24, 2.45) is 5.84 Å². The van der Waals surface area contributed by atoms with Crippen LogP contribution in [0.15, 0.2) is 22.1 Å². The number of nitrogens with one attached hydrogen (secondary N) is 1. The van der Waals surface area contributed by atoms with Gasteiger partial charge in [0.1, 0.15) is 11.8 Å². The summed E-state index contributed by atoms with van der Waals surface area (Å²) in [6, 6.07) is 1.80. The van der Waals surface area contributed by atoms with Crippen molar-refractivity contribution < 1.29 is 4.74 Å². The van der Waals surface area contributed by atoms with Crippen molar-refractivity contribution in [2.45, 2.75) is 25.9 Å². The zero-order valence-corrected chi connectivity index (χ0v) is 13.3. The van der Waals surface area contributed by atoms with E-state index in [4.69, 9.17) is 10.6 Å². The predicted molar refractivity (Wildman–Crippen MR) is 80.3 cm³/mol. The first-order chi connectivity index (χ1) is 9.22. The van der Waals surface area contributed by atoms with E-state index < -0.39 is 0 Å². The van der Waals surface area contributed by atoms with Crippen LogP contribution in [0.5, 0.6) is 5.75 Å². The van der Waals surface area contributed by atoms with Crippen LogP contribution in [0.3, 0.4) is 0 Å². The molecule has 104 valence electrons. The Morgan fingerprint density at radius 1 is 1.63 bits per heavy atom. The second-order valence-corrected chi connectivity index (χ2v) is 5.86. The molecule has 1 atom stereocenters. The highest BCUT2D eigenvalue weighted by Gasteiger charge is 2.24. The lowest BCUT2D eigenvalue weighted by molar-refractivity contribution is 0.405. The second kappa shape index (κ2) is 6.51. The topological polar surface area (TPSA) is 65.1 Å². The Kier molecular flexibility index (Phi) is 4.98. The number of hydrogen-bond acceptors (Lipinski definition) is 5. The zero-order valence-electron chi connectivity index (χ0n) is 10.9. The lowest BCUT2D eigenvalue weighted by Crippen LogP contribution is -2.30. The quantitative estimate of drug-likeness (QED) is 0.624. The van der Waals surface area contributed by atoms with E-state index >= 15 is 0 Å². The maximum atomic E-state index is 5.75. The monoisotopic (exact) mass is 344 g/mol. The maximum absolute atomic E-state index is 5.75. The molecule has 2 aromatic heterocycles. The lowest BCUT2D eigenvalue weighted by Gasteiger charge is -2.18. The molecule has 0 aliphatic heterocycles. The van der Waals surface area contributed by atoms with Gasteiger partial charge in [-0.1, -0.05) is 6.92 Å². The van der Waals surface area contributed by atoms with E-state index in [0.29, 0.717) is 0 Å². The standard InChI is InChI=1S/C12H17BrN4OS/c1-3-5-17-11(8(13)7-15-17)10(16-14)12-9(18-2)4-6-19-12/h4,6-7,10,16H,3,5,14H2,1-2H3. The second-order valence-electron chi connectivity index (χ2n) is 4.05. The molecule has 5 nitrogen and oxygen atoms in total. The largest absolute Gasteiger partial charge is 0.496 e. The van der Waals surface area contributed by atoms with E-state index in [2.05, 4.69) is 33.4 Å².